The van der Waals surface area contributed by atoms with Crippen molar-refractivity contribution in [3.63, 3.8) is 0 Å². The molecule has 1 aromatic rings. The third-order valence-corrected chi connectivity index (χ3v) is 6.36. The van der Waals surface area contributed by atoms with Gasteiger partial charge in [0.1, 0.15) is 12.1 Å². The van der Waals surface area contributed by atoms with Crippen LogP contribution in [0.2, 0.25) is 0 Å². The summed E-state index contributed by atoms with van der Waals surface area (Å²) in [5, 5.41) is 18.0. The summed E-state index contributed by atoms with van der Waals surface area (Å²) in [4.78, 5) is 37.3. The van der Waals surface area contributed by atoms with E-state index in [4.69, 9.17) is 18.0 Å². The summed E-state index contributed by atoms with van der Waals surface area (Å²) in [5.41, 5.74) is 6.65. The number of thioether (sulfide) groups is 1. The fourth-order valence-electron chi connectivity index (χ4n) is 2.96. The molecule has 0 aromatic heterocycles. The van der Waals surface area contributed by atoms with Crippen LogP contribution in [-0.4, -0.2) is 69.8 Å². The molecule has 0 saturated heterocycles. The molecular formula is C22H34N4O4S3. The van der Waals surface area contributed by atoms with Gasteiger partial charge in [-0.25, -0.2) is 4.79 Å². The van der Waals surface area contributed by atoms with Crippen LogP contribution in [0.4, 0.5) is 0 Å². The lowest BCUT2D eigenvalue weighted by atomic mass is 10.0. The number of carbonyl (C=O) groups excluding carboxylic acids is 2. The van der Waals surface area contributed by atoms with Crippen molar-refractivity contribution in [3.05, 3.63) is 35.9 Å². The number of nitrogens with two attached hydrogens (primary N) is 1. The second-order valence-corrected chi connectivity index (χ2v) is 9.74. The first-order chi connectivity index (χ1) is 15.6. The van der Waals surface area contributed by atoms with Gasteiger partial charge in [-0.1, -0.05) is 56.4 Å². The lowest BCUT2D eigenvalue weighted by Gasteiger charge is -2.28. The Morgan fingerprint density at radius 1 is 1.09 bits per heavy atom. The number of carboxylic acids is 1. The zero-order chi connectivity index (χ0) is 25.0. The molecule has 0 aliphatic heterocycles. The summed E-state index contributed by atoms with van der Waals surface area (Å²) in [6.07, 6.45) is 2.65. The SMILES string of the molecule is CSCC[C@H](NC(=S)[C@H](Cc1ccccc1)NC(=O)[C@@H](NC(=O)[C@@H](N)CS)C(C)C)C(=O)O. The molecule has 4 atom stereocenters. The highest BCUT2D eigenvalue weighted by molar-refractivity contribution is 7.98. The fourth-order valence-corrected chi connectivity index (χ4v) is 3.89. The Balaban J connectivity index is 3.06. The number of benzene rings is 1. The van der Waals surface area contributed by atoms with Crippen molar-refractivity contribution in [1.29, 1.82) is 0 Å². The van der Waals surface area contributed by atoms with Crippen molar-refractivity contribution in [2.24, 2.45) is 11.7 Å². The van der Waals surface area contributed by atoms with Crippen LogP contribution in [0.1, 0.15) is 25.8 Å². The van der Waals surface area contributed by atoms with Crippen LogP contribution in [0.5, 0.6) is 0 Å². The number of nitrogens with one attached hydrogen (secondary N) is 3. The number of rotatable bonds is 14. The number of hydrogen-bond acceptors (Lipinski definition) is 7. The van der Waals surface area contributed by atoms with Gasteiger partial charge in [0.05, 0.1) is 17.1 Å². The first kappa shape index (κ1) is 29.2. The van der Waals surface area contributed by atoms with Gasteiger partial charge in [-0.3, -0.25) is 9.59 Å². The summed E-state index contributed by atoms with van der Waals surface area (Å²) in [6.45, 7) is 3.62. The lowest BCUT2D eigenvalue weighted by molar-refractivity contribution is -0.139. The van der Waals surface area contributed by atoms with Crippen molar-refractivity contribution in [1.82, 2.24) is 16.0 Å². The molecule has 33 heavy (non-hydrogen) atoms. The Morgan fingerprint density at radius 2 is 1.73 bits per heavy atom. The van der Waals surface area contributed by atoms with Gasteiger partial charge in [0.2, 0.25) is 11.8 Å². The van der Waals surface area contributed by atoms with Crippen LogP contribution in [0.25, 0.3) is 0 Å². The Labute approximate surface area is 210 Å². The smallest absolute Gasteiger partial charge is 0.326 e. The summed E-state index contributed by atoms with van der Waals surface area (Å²) < 4.78 is 0. The van der Waals surface area contributed by atoms with Crippen LogP contribution >= 0.6 is 36.6 Å². The Kier molecular flexibility index (Phi) is 13.4. The molecule has 0 bridgehead atoms. The van der Waals surface area contributed by atoms with Gasteiger partial charge in [-0.2, -0.15) is 24.4 Å². The summed E-state index contributed by atoms with van der Waals surface area (Å²) in [5.74, 6) is -1.32. The number of carboxylic acid groups (broad SMARTS) is 1. The number of thiocarbonyl (C=S) groups is 1. The first-order valence-corrected chi connectivity index (χ1v) is 13.1. The molecule has 0 aliphatic rings. The molecule has 1 aromatic carbocycles. The molecule has 1 rings (SSSR count). The van der Waals surface area contributed by atoms with Gasteiger partial charge in [0, 0.05) is 5.75 Å². The highest BCUT2D eigenvalue weighted by atomic mass is 32.2. The van der Waals surface area contributed by atoms with Crippen molar-refractivity contribution < 1.29 is 19.5 Å². The Morgan fingerprint density at radius 3 is 2.24 bits per heavy atom. The summed E-state index contributed by atoms with van der Waals surface area (Å²) >= 11 is 11.1. The zero-order valence-corrected chi connectivity index (χ0v) is 21.6. The summed E-state index contributed by atoms with van der Waals surface area (Å²) in [6, 6.07) is 6.23. The van der Waals surface area contributed by atoms with Crippen LogP contribution in [0.15, 0.2) is 30.3 Å². The first-order valence-electron chi connectivity index (χ1n) is 10.6. The van der Waals surface area contributed by atoms with Gasteiger partial charge in [-0.05, 0) is 36.3 Å². The van der Waals surface area contributed by atoms with Crippen molar-refractivity contribution in [2.45, 2.75) is 50.9 Å². The highest BCUT2D eigenvalue weighted by Crippen LogP contribution is 2.09. The van der Waals surface area contributed by atoms with Gasteiger partial charge >= 0.3 is 5.97 Å². The van der Waals surface area contributed by atoms with Crippen LogP contribution < -0.4 is 21.7 Å². The molecule has 8 nitrogen and oxygen atoms in total. The lowest BCUT2D eigenvalue weighted by Crippen LogP contribution is -2.58. The predicted molar refractivity (Wildman–Crippen MR) is 141 cm³/mol. The standard InChI is InChI=1S/C22H34N4O4S3/c1-13(2)18(26-19(27)15(23)12-31)20(28)24-17(11-14-7-5-4-6-8-14)21(32)25-16(22(29)30)9-10-33-3/h4-8,13,15-18,31H,9-12,23H2,1-3H3,(H,24,28)(H,25,32)(H,26,27)(H,29,30)/t15-,16-,17-,18-/m0/s1. The van der Waals surface area contributed by atoms with Gasteiger partial charge in [-0.15, -0.1) is 0 Å². The monoisotopic (exact) mass is 514 g/mol. The number of thiol groups is 1. The molecule has 2 amide bonds. The zero-order valence-electron chi connectivity index (χ0n) is 19.1. The molecule has 0 fully saturated rings. The Hall–Kier alpha value is -1.82. The molecule has 0 radical (unpaired) electrons. The van der Waals surface area contributed by atoms with E-state index in [9.17, 15) is 19.5 Å². The summed E-state index contributed by atoms with van der Waals surface area (Å²) in [7, 11) is 0. The normalized spacial score (nSPS) is 14.6. The van der Waals surface area contributed by atoms with E-state index in [1.165, 1.54) is 0 Å². The van der Waals surface area contributed by atoms with E-state index in [-0.39, 0.29) is 16.7 Å². The van der Waals surface area contributed by atoms with E-state index < -0.39 is 42.0 Å². The van der Waals surface area contributed by atoms with E-state index in [1.807, 2.05) is 50.4 Å². The molecule has 0 heterocycles. The average Bonchev–Trinajstić information content (AvgIpc) is 2.78. The van der Waals surface area contributed by atoms with E-state index >= 15 is 0 Å². The molecular weight excluding hydrogens is 480 g/mol. The number of carbonyl (C=O) groups is 3. The van der Waals surface area contributed by atoms with Gasteiger partial charge in [0.25, 0.3) is 0 Å². The maximum Gasteiger partial charge on any atom is 0.326 e. The molecule has 0 saturated carbocycles. The average molecular weight is 515 g/mol. The van der Waals surface area contributed by atoms with Gasteiger partial charge in [0.15, 0.2) is 0 Å². The minimum Gasteiger partial charge on any atom is -0.480 e. The van der Waals surface area contributed by atoms with E-state index in [0.29, 0.717) is 18.6 Å². The number of amides is 2. The molecule has 0 spiro atoms. The predicted octanol–water partition coefficient (Wildman–Crippen LogP) is 1.24. The minimum absolute atomic E-state index is 0.148. The largest absolute Gasteiger partial charge is 0.480 e. The van der Waals surface area contributed by atoms with Crippen molar-refractivity contribution in [3.8, 4) is 0 Å². The minimum atomic E-state index is -1.01. The third-order valence-electron chi connectivity index (χ3n) is 4.92. The van der Waals surface area contributed by atoms with E-state index in [1.54, 1.807) is 11.8 Å². The fraction of sp³-hybridized carbons (Fsp3) is 0.545. The quantitative estimate of drug-likeness (QED) is 0.161. The van der Waals surface area contributed by atoms with Gasteiger partial charge < -0.3 is 26.8 Å². The third kappa shape index (κ3) is 10.3. The van der Waals surface area contributed by atoms with Crippen molar-refractivity contribution >= 4 is 59.4 Å². The van der Waals surface area contributed by atoms with Crippen LogP contribution in [-0.2, 0) is 20.8 Å². The maximum atomic E-state index is 13.1. The molecule has 184 valence electrons. The molecule has 11 heteroatoms. The second kappa shape index (κ2) is 15.2. The second-order valence-electron chi connectivity index (χ2n) is 7.95. The molecule has 0 aliphatic carbocycles. The Bertz CT molecular complexity index is 795. The molecule has 6 N–H and O–H groups in total. The highest BCUT2D eigenvalue weighted by Gasteiger charge is 2.30. The molecule has 0 unspecified atom stereocenters. The maximum absolute atomic E-state index is 13.1. The van der Waals surface area contributed by atoms with Crippen LogP contribution in [0, 0.1) is 5.92 Å². The number of hydrogen-bond donors (Lipinski definition) is 6. The van der Waals surface area contributed by atoms with Crippen molar-refractivity contribution in [2.75, 3.05) is 17.8 Å². The van der Waals surface area contributed by atoms with E-state index in [2.05, 4.69) is 28.6 Å². The number of aliphatic carboxylic acids is 1. The topological polar surface area (TPSA) is 134 Å². The van der Waals surface area contributed by atoms with Crippen LogP contribution in [0.3, 0.4) is 0 Å². The van der Waals surface area contributed by atoms with E-state index in [0.717, 1.165) is 5.56 Å².